The van der Waals surface area contributed by atoms with Crippen LogP contribution in [0.3, 0.4) is 0 Å². The SMILES string of the molecule is Cc1ccsc1C(SCC1CCCO1)C(C)N. The molecule has 1 saturated heterocycles. The van der Waals surface area contributed by atoms with Crippen molar-refractivity contribution in [2.45, 2.75) is 44.1 Å². The molecule has 1 aromatic heterocycles. The van der Waals surface area contributed by atoms with E-state index >= 15 is 0 Å². The number of hydrogen-bond donors (Lipinski definition) is 1. The topological polar surface area (TPSA) is 35.2 Å². The van der Waals surface area contributed by atoms with E-state index in [0.717, 1.165) is 12.4 Å². The van der Waals surface area contributed by atoms with Gasteiger partial charge in [0.05, 0.1) is 11.4 Å². The van der Waals surface area contributed by atoms with Gasteiger partial charge in [-0.1, -0.05) is 0 Å². The molecule has 0 aromatic carbocycles. The zero-order valence-corrected chi connectivity index (χ0v) is 12.2. The molecule has 4 heteroatoms. The van der Waals surface area contributed by atoms with Crippen molar-refractivity contribution in [3.8, 4) is 0 Å². The number of thiophene rings is 1. The van der Waals surface area contributed by atoms with Crippen LogP contribution in [-0.2, 0) is 4.74 Å². The van der Waals surface area contributed by atoms with Crippen LogP contribution in [0.25, 0.3) is 0 Å². The molecule has 96 valence electrons. The Bertz CT molecular complexity index is 345. The van der Waals surface area contributed by atoms with Gasteiger partial charge in [-0.15, -0.1) is 23.1 Å². The first-order valence-corrected chi connectivity index (χ1v) is 8.14. The van der Waals surface area contributed by atoms with Gasteiger partial charge < -0.3 is 10.5 Å². The Kier molecular flexibility index (Phi) is 4.91. The Morgan fingerprint density at radius 3 is 3.00 bits per heavy atom. The fraction of sp³-hybridized carbons (Fsp3) is 0.692. The van der Waals surface area contributed by atoms with Crippen LogP contribution in [0.2, 0.25) is 0 Å². The van der Waals surface area contributed by atoms with Crippen molar-refractivity contribution in [2.75, 3.05) is 12.4 Å². The summed E-state index contributed by atoms with van der Waals surface area (Å²) in [6, 6.07) is 2.38. The summed E-state index contributed by atoms with van der Waals surface area (Å²) in [5, 5.41) is 2.58. The van der Waals surface area contributed by atoms with Crippen LogP contribution in [-0.4, -0.2) is 24.5 Å². The van der Waals surface area contributed by atoms with Crippen LogP contribution < -0.4 is 5.73 Å². The quantitative estimate of drug-likeness (QED) is 0.892. The van der Waals surface area contributed by atoms with Crippen LogP contribution in [0.1, 0.15) is 35.5 Å². The van der Waals surface area contributed by atoms with Crippen LogP contribution in [0.5, 0.6) is 0 Å². The lowest BCUT2D eigenvalue weighted by atomic mass is 10.1. The maximum atomic E-state index is 6.13. The highest BCUT2D eigenvalue weighted by molar-refractivity contribution is 7.99. The highest BCUT2D eigenvalue weighted by atomic mass is 32.2. The lowest BCUT2D eigenvalue weighted by molar-refractivity contribution is 0.128. The molecule has 2 heterocycles. The van der Waals surface area contributed by atoms with Crippen molar-refractivity contribution in [1.29, 1.82) is 0 Å². The first-order chi connectivity index (χ1) is 8.18. The molecule has 2 rings (SSSR count). The first-order valence-electron chi connectivity index (χ1n) is 6.21. The standard InChI is InChI=1S/C13H21NOS2/c1-9-5-7-16-12(9)13(10(2)14)17-8-11-4-3-6-15-11/h5,7,10-11,13H,3-4,6,8,14H2,1-2H3. The molecule has 0 radical (unpaired) electrons. The molecule has 1 fully saturated rings. The largest absolute Gasteiger partial charge is 0.377 e. The van der Waals surface area contributed by atoms with E-state index in [1.54, 1.807) is 0 Å². The van der Waals surface area contributed by atoms with Gasteiger partial charge in [-0.3, -0.25) is 0 Å². The van der Waals surface area contributed by atoms with E-state index in [1.165, 1.54) is 23.3 Å². The normalized spacial score (nSPS) is 23.8. The van der Waals surface area contributed by atoms with Crippen molar-refractivity contribution in [3.63, 3.8) is 0 Å². The fourth-order valence-electron chi connectivity index (χ4n) is 2.13. The van der Waals surface area contributed by atoms with Gasteiger partial charge in [0.2, 0.25) is 0 Å². The maximum absolute atomic E-state index is 6.13. The summed E-state index contributed by atoms with van der Waals surface area (Å²) in [4.78, 5) is 1.43. The summed E-state index contributed by atoms with van der Waals surface area (Å²) in [6.07, 6.45) is 2.87. The maximum Gasteiger partial charge on any atom is 0.0666 e. The molecular weight excluding hydrogens is 250 g/mol. The molecular formula is C13H21NOS2. The third-order valence-corrected chi connectivity index (χ3v) is 5.96. The first kappa shape index (κ1) is 13.4. The molecule has 0 amide bonds. The molecule has 3 atom stereocenters. The van der Waals surface area contributed by atoms with Gasteiger partial charge in [0, 0.05) is 23.3 Å². The van der Waals surface area contributed by atoms with Crippen molar-refractivity contribution < 1.29 is 4.74 Å². The summed E-state index contributed by atoms with van der Waals surface area (Å²) < 4.78 is 5.67. The summed E-state index contributed by atoms with van der Waals surface area (Å²) >= 11 is 3.79. The van der Waals surface area contributed by atoms with E-state index in [2.05, 4.69) is 25.3 Å². The van der Waals surface area contributed by atoms with Gasteiger partial charge in [-0.25, -0.2) is 0 Å². The summed E-state index contributed by atoms with van der Waals surface area (Å²) in [5.41, 5.74) is 7.50. The molecule has 0 saturated carbocycles. The third kappa shape index (κ3) is 3.47. The van der Waals surface area contributed by atoms with Crippen LogP contribution >= 0.6 is 23.1 Å². The number of hydrogen-bond acceptors (Lipinski definition) is 4. The van der Waals surface area contributed by atoms with Crippen molar-refractivity contribution in [1.82, 2.24) is 0 Å². The van der Waals surface area contributed by atoms with Gasteiger partial charge >= 0.3 is 0 Å². The second-order valence-electron chi connectivity index (χ2n) is 4.72. The molecule has 0 spiro atoms. The predicted octanol–water partition coefficient (Wildman–Crippen LogP) is 3.36. The fourth-order valence-corrected chi connectivity index (χ4v) is 4.85. The lowest BCUT2D eigenvalue weighted by Crippen LogP contribution is -2.24. The van der Waals surface area contributed by atoms with Crippen LogP contribution in [0, 0.1) is 6.92 Å². The average molecular weight is 271 g/mol. The van der Waals surface area contributed by atoms with E-state index in [0.29, 0.717) is 11.4 Å². The van der Waals surface area contributed by atoms with Gasteiger partial charge in [0.15, 0.2) is 0 Å². The molecule has 17 heavy (non-hydrogen) atoms. The third-order valence-electron chi connectivity index (χ3n) is 3.12. The predicted molar refractivity (Wildman–Crippen MR) is 76.9 cm³/mol. The van der Waals surface area contributed by atoms with Crippen molar-refractivity contribution in [3.05, 3.63) is 21.9 Å². The minimum atomic E-state index is 0.193. The molecule has 1 aliphatic heterocycles. The summed E-state index contributed by atoms with van der Waals surface area (Å²) in [7, 11) is 0. The number of aryl methyl sites for hydroxylation is 1. The Hall–Kier alpha value is -0.0300. The number of nitrogens with two attached hydrogens (primary N) is 1. The van der Waals surface area contributed by atoms with Crippen LogP contribution in [0.15, 0.2) is 11.4 Å². The van der Waals surface area contributed by atoms with Gasteiger partial charge in [0.1, 0.15) is 0 Å². The van der Waals surface area contributed by atoms with Gasteiger partial charge in [-0.05, 0) is 43.7 Å². The number of thioether (sulfide) groups is 1. The minimum Gasteiger partial charge on any atom is -0.377 e. The molecule has 1 aromatic rings. The highest BCUT2D eigenvalue weighted by Crippen LogP contribution is 2.37. The lowest BCUT2D eigenvalue weighted by Gasteiger charge is -2.21. The van der Waals surface area contributed by atoms with Crippen molar-refractivity contribution >= 4 is 23.1 Å². The zero-order valence-electron chi connectivity index (χ0n) is 10.5. The second-order valence-corrected chi connectivity index (χ2v) is 6.84. The molecule has 0 aliphatic carbocycles. The van der Waals surface area contributed by atoms with Crippen molar-refractivity contribution in [2.24, 2.45) is 5.73 Å². The van der Waals surface area contributed by atoms with E-state index in [1.807, 2.05) is 23.1 Å². The smallest absolute Gasteiger partial charge is 0.0666 e. The summed E-state index contributed by atoms with van der Waals surface area (Å²) in [6.45, 7) is 5.21. The molecule has 3 unspecified atom stereocenters. The highest BCUT2D eigenvalue weighted by Gasteiger charge is 2.23. The average Bonchev–Trinajstić information content (AvgIpc) is 2.91. The number of rotatable bonds is 5. The van der Waals surface area contributed by atoms with Crippen LogP contribution in [0.4, 0.5) is 0 Å². The van der Waals surface area contributed by atoms with E-state index < -0.39 is 0 Å². The molecule has 2 nitrogen and oxygen atoms in total. The monoisotopic (exact) mass is 271 g/mol. The summed E-state index contributed by atoms with van der Waals surface area (Å²) in [5.74, 6) is 1.07. The zero-order chi connectivity index (χ0) is 12.3. The van der Waals surface area contributed by atoms with E-state index in [-0.39, 0.29) is 6.04 Å². The minimum absolute atomic E-state index is 0.193. The Morgan fingerprint density at radius 1 is 1.65 bits per heavy atom. The Labute approximate surface area is 112 Å². The van der Waals surface area contributed by atoms with Gasteiger partial charge in [0.25, 0.3) is 0 Å². The Balaban J connectivity index is 1.95. The number of ether oxygens (including phenoxy) is 1. The Morgan fingerprint density at radius 2 is 2.47 bits per heavy atom. The molecule has 2 N–H and O–H groups in total. The molecule has 0 bridgehead atoms. The molecule has 1 aliphatic rings. The van der Waals surface area contributed by atoms with E-state index in [9.17, 15) is 0 Å². The van der Waals surface area contributed by atoms with E-state index in [4.69, 9.17) is 10.5 Å². The van der Waals surface area contributed by atoms with Gasteiger partial charge in [-0.2, -0.15) is 0 Å². The second kappa shape index (κ2) is 6.23.